The number of amides is 1. The molecule has 2 aliphatic rings. The zero-order valence-corrected chi connectivity index (χ0v) is 15.0. The first-order valence-corrected chi connectivity index (χ1v) is 9.06. The number of hydrogen-bond donors (Lipinski definition) is 2. The van der Waals surface area contributed by atoms with Crippen molar-refractivity contribution in [3.8, 4) is 11.5 Å². The monoisotopic (exact) mass is 367 g/mol. The third kappa shape index (κ3) is 3.01. The number of aromatic hydroxyl groups is 1. The van der Waals surface area contributed by atoms with Crippen LogP contribution in [0.4, 0.5) is 0 Å². The van der Waals surface area contributed by atoms with Crippen LogP contribution < -0.4 is 4.74 Å². The van der Waals surface area contributed by atoms with Crippen LogP contribution in [-0.2, 0) is 24.2 Å². The number of fused-ring (bicyclic) bond motifs is 2. The maximum atomic E-state index is 12.8. The predicted molar refractivity (Wildman–Crippen MR) is 97.9 cm³/mol. The minimum Gasteiger partial charge on any atom is -0.507 e. The van der Waals surface area contributed by atoms with E-state index in [1.165, 1.54) is 0 Å². The Morgan fingerprint density at radius 1 is 1.30 bits per heavy atom. The van der Waals surface area contributed by atoms with Gasteiger partial charge in [0.05, 0.1) is 18.0 Å². The van der Waals surface area contributed by atoms with E-state index in [0.29, 0.717) is 42.0 Å². The van der Waals surface area contributed by atoms with Crippen molar-refractivity contribution in [3.63, 3.8) is 0 Å². The number of phenolic OH excluding ortho intramolecular Hbond substituents is 1. The van der Waals surface area contributed by atoms with Crippen molar-refractivity contribution in [3.05, 3.63) is 58.7 Å². The van der Waals surface area contributed by atoms with Crippen LogP contribution in [0.15, 0.2) is 36.4 Å². The van der Waals surface area contributed by atoms with Gasteiger partial charge in [0.1, 0.15) is 17.6 Å². The molecule has 0 aromatic heterocycles. The Morgan fingerprint density at radius 2 is 2.04 bits per heavy atom. The number of hydrogen-bond acceptors (Lipinski definition) is 4. The van der Waals surface area contributed by atoms with Crippen molar-refractivity contribution in [2.24, 2.45) is 5.92 Å². The number of carboxylic acid groups (broad SMARTS) is 1. The fourth-order valence-corrected chi connectivity index (χ4v) is 3.75. The van der Waals surface area contributed by atoms with Crippen LogP contribution in [0, 0.1) is 5.92 Å². The Bertz CT molecular complexity index is 909. The molecule has 2 aromatic carbocycles. The Kier molecular flexibility index (Phi) is 4.26. The van der Waals surface area contributed by atoms with E-state index >= 15 is 0 Å². The summed E-state index contributed by atoms with van der Waals surface area (Å²) in [5, 5.41) is 19.9. The first-order chi connectivity index (χ1) is 13.0. The smallest absolute Gasteiger partial charge is 0.309 e. The summed E-state index contributed by atoms with van der Waals surface area (Å²) in [4.78, 5) is 25.7. The molecule has 0 radical (unpaired) electrons. The van der Waals surface area contributed by atoms with Crippen molar-refractivity contribution in [1.29, 1.82) is 0 Å². The van der Waals surface area contributed by atoms with Gasteiger partial charge in [-0.1, -0.05) is 30.3 Å². The molecule has 2 aliphatic heterocycles. The summed E-state index contributed by atoms with van der Waals surface area (Å²) in [6.07, 6.45) is 0.547. The van der Waals surface area contributed by atoms with E-state index in [2.05, 4.69) is 0 Å². The van der Waals surface area contributed by atoms with Crippen LogP contribution in [0.2, 0.25) is 0 Å². The minimum absolute atomic E-state index is 0.0677. The highest BCUT2D eigenvalue weighted by atomic mass is 16.5. The van der Waals surface area contributed by atoms with Gasteiger partial charge in [0.15, 0.2) is 0 Å². The van der Waals surface area contributed by atoms with Gasteiger partial charge < -0.3 is 19.8 Å². The molecule has 0 fully saturated rings. The summed E-state index contributed by atoms with van der Waals surface area (Å²) >= 11 is 0. The minimum atomic E-state index is -0.942. The Balaban J connectivity index is 1.53. The second-order valence-corrected chi connectivity index (χ2v) is 7.18. The molecule has 0 saturated carbocycles. The number of carboxylic acids is 1. The molecule has 6 heteroatoms. The zero-order chi connectivity index (χ0) is 19.1. The van der Waals surface area contributed by atoms with Crippen molar-refractivity contribution in [2.75, 3.05) is 6.54 Å². The summed E-state index contributed by atoms with van der Waals surface area (Å²) in [6, 6.07) is 11.6. The molecule has 1 amide bonds. The second kappa shape index (κ2) is 6.61. The maximum Gasteiger partial charge on any atom is 0.309 e. The van der Waals surface area contributed by atoms with Gasteiger partial charge in [0.2, 0.25) is 0 Å². The molecule has 2 aromatic rings. The van der Waals surface area contributed by atoms with Gasteiger partial charge in [-0.3, -0.25) is 9.59 Å². The zero-order valence-electron chi connectivity index (χ0n) is 15.0. The highest BCUT2D eigenvalue weighted by molar-refractivity contribution is 6.00. The van der Waals surface area contributed by atoms with Gasteiger partial charge in [-0.15, -0.1) is 0 Å². The molecule has 0 spiro atoms. The number of nitrogens with zero attached hydrogens (tertiary/aromatic N) is 1. The van der Waals surface area contributed by atoms with Crippen LogP contribution in [-0.4, -0.2) is 39.6 Å². The number of carbonyl (C=O) groups excluding carboxylic acids is 1. The van der Waals surface area contributed by atoms with E-state index in [-0.39, 0.29) is 11.7 Å². The van der Waals surface area contributed by atoms with Gasteiger partial charge in [-0.25, -0.2) is 0 Å². The lowest BCUT2D eigenvalue weighted by atomic mass is 9.97. The van der Waals surface area contributed by atoms with Gasteiger partial charge in [0.25, 0.3) is 5.91 Å². The summed E-state index contributed by atoms with van der Waals surface area (Å²) in [5.74, 6) is -1.27. The van der Waals surface area contributed by atoms with E-state index in [0.717, 1.165) is 12.0 Å². The van der Waals surface area contributed by atoms with E-state index in [9.17, 15) is 19.8 Å². The van der Waals surface area contributed by atoms with Gasteiger partial charge >= 0.3 is 5.97 Å². The first-order valence-electron chi connectivity index (χ1n) is 9.06. The predicted octanol–water partition coefficient (Wildman–Crippen LogP) is 2.61. The van der Waals surface area contributed by atoms with Crippen molar-refractivity contribution >= 4 is 11.9 Å². The third-order valence-corrected chi connectivity index (χ3v) is 5.48. The Hall–Kier alpha value is -3.02. The normalized spacial score (nSPS) is 18.8. The summed E-state index contributed by atoms with van der Waals surface area (Å²) in [5.41, 5.74) is 2.81. The van der Waals surface area contributed by atoms with Crippen molar-refractivity contribution in [1.82, 2.24) is 4.90 Å². The number of aliphatic carboxylic acids is 1. The second-order valence-electron chi connectivity index (χ2n) is 7.18. The molecule has 2 unspecified atom stereocenters. The SMILES string of the molecule is CC(C(=O)O)C1Cc2c(cc3c(c2O)CN(CCc2ccccc2)C3=O)O1. The number of phenols is 1. The maximum absolute atomic E-state index is 12.8. The largest absolute Gasteiger partial charge is 0.507 e. The topological polar surface area (TPSA) is 87.1 Å². The number of benzene rings is 2. The summed E-state index contributed by atoms with van der Waals surface area (Å²) in [6.45, 7) is 2.51. The molecule has 27 heavy (non-hydrogen) atoms. The number of ether oxygens (including phenoxy) is 1. The molecule has 140 valence electrons. The van der Waals surface area contributed by atoms with Crippen molar-refractivity contribution < 1.29 is 24.5 Å². The van der Waals surface area contributed by atoms with Crippen LogP contribution in [0.25, 0.3) is 0 Å². The van der Waals surface area contributed by atoms with Gasteiger partial charge in [-0.05, 0) is 25.0 Å². The quantitative estimate of drug-likeness (QED) is 0.848. The molecule has 4 rings (SSSR count). The Morgan fingerprint density at radius 3 is 2.74 bits per heavy atom. The van der Waals surface area contributed by atoms with E-state index < -0.39 is 18.0 Å². The molecular formula is C21H21NO5. The molecule has 6 nitrogen and oxygen atoms in total. The van der Waals surface area contributed by atoms with Crippen molar-refractivity contribution in [2.45, 2.75) is 32.4 Å². The van der Waals surface area contributed by atoms with E-state index in [4.69, 9.17) is 4.74 Å². The molecule has 0 bridgehead atoms. The Labute approximate surface area is 157 Å². The molecule has 2 N–H and O–H groups in total. The van der Waals surface area contributed by atoms with Crippen LogP contribution >= 0.6 is 0 Å². The fourth-order valence-electron chi connectivity index (χ4n) is 3.75. The van der Waals surface area contributed by atoms with Gasteiger partial charge in [-0.2, -0.15) is 0 Å². The lowest BCUT2D eigenvalue weighted by Crippen LogP contribution is -2.29. The van der Waals surface area contributed by atoms with Crippen LogP contribution in [0.5, 0.6) is 11.5 Å². The molecule has 0 saturated heterocycles. The standard InChI is InChI=1S/C21H21NO5/c1-12(21(25)26)17-10-15-18(27-17)9-14-16(19(15)23)11-22(20(14)24)8-7-13-5-3-2-4-6-13/h2-6,9,12,17,23H,7-8,10-11H2,1H3,(H,25,26). The number of carbonyl (C=O) groups is 2. The molecule has 2 heterocycles. The molecular weight excluding hydrogens is 346 g/mol. The van der Waals surface area contributed by atoms with Crippen LogP contribution in [0.3, 0.4) is 0 Å². The highest BCUT2D eigenvalue weighted by Gasteiger charge is 2.38. The number of rotatable bonds is 5. The summed E-state index contributed by atoms with van der Waals surface area (Å²) < 4.78 is 5.74. The first kappa shape index (κ1) is 17.4. The van der Waals surface area contributed by atoms with E-state index in [1.54, 1.807) is 17.9 Å². The lowest BCUT2D eigenvalue weighted by molar-refractivity contribution is -0.143. The highest BCUT2D eigenvalue weighted by Crippen LogP contribution is 2.44. The lowest BCUT2D eigenvalue weighted by Gasteiger charge is -2.16. The molecule has 0 aliphatic carbocycles. The van der Waals surface area contributed by atoms with E-state index in [1.807, 2.05) is 30.3 Å². The fraction of sp³-hybridized carbons (Fsp3) is 0.333. The van der Waals surface area contributed by atoms with Gasteiger partial charge in [0, 0.05) is 24.1 Å². The average Bonchev–Trinajstić information content (AvgIpc) is 3.23. The average molecular weight is 367 g/mol. The van der Waals surface area contributed by atoms with Crippen LogP contribution in [0.1, 0.15) is 34.0 Å². The summed E-state index contributed by atoms with van der Waals surface area (Å²) in [7, 11) is 0. The molecule has 2 atom stereocenters. The third-order valence-electron chi connectivity index (χ3n) is 5.48.